The van der Waals surface area contributed by atoms with Gasteiger partial charge >= 0.3 is 6.18 Å². The van der Waals surface area contributed by atoms with E-state index >= 15 is 0 Å². The summed E-state index contributed by atoms with van der Waals surface area (Å²) in [5.74, 6) is -0.311. The molecule has 1 rings (SSSR count). The predicted molar refractivity (Wildman–Crippen MR) is 66.0 cm³/mol. The van der Waals surface area contributed by atoms with Crippen molar-refractivity contribution in [3.05, 3.63) is 18.0 Å². The average Bonchev–Trinajstić information content (AvgIpc) is 2.34. The summed E-state index contributed by atoms with van der Waals surface area (Å²) in [6.45, 7) is 4.22. The molecule has 1 heterocycles. The first-order chi connectivity index (χ1) is 8.75. The molecule has 3 N–H and O–H groups in total. The molecule has 8 heteroatoms. The summed E-state index contributed by atoms with van der Waals surface area (Å²) in [7, 11) is 0. The van der Waals surface area contributed by atoms with Gasteiger partial charge in [0, 0.05) is 25.2 Å². The molecule has 0 saturated heterocycles. The van der Waals surface area contributed by atoms with Crippen molar-refractivity contribution in [2.75, 3.05) is 18.0 Å². The van der Waals surface area contributed by atoms with Crippen LogP contribution in [0, 0.1) is 11.3 Å². The fourth-order valence-electron chi connectivity index (χ4n) is 1.44. The van der Waals surface area contributed by atoms with Gasteiger partial charge in [-0.3, -0.25) is 5.41 Å². The zero-order valence-electron chi connectivity index (χ0n) is 10.7. The van der Waals surface area contributed by atoms with Crippen LogP contribution >= 0.6 is 0 Å². The fourth-order valence-corrected chi connectivity index (χ4v) is 1.44. The number of halogens is 3. The summed E-state index contributed by atoms with van der Waals surface area (Å²) < 4.78 is 37.7. The van der Waals surface area contributed by atoms with Crippen molar-refractivity contribution >= 4 is 11.8 Å². The van der Waals surface area contributed by atoms with E-state index in [0.29, 0.717) is 13.1 Å². The normalized spacial score (nSPS) is 13.1. The zero-order chi connectivity index (χ0) is 14.6. The van der Waals surface area contributed by atoms with E-state index in [1.165, 1.54) is 0 Å². The van der Waals surface area contributed by atoms with Gasteiger partial charge in [0.05, 0.1) is 5.84 Å². The highest BCUT2D eigenvalue weighted by molar-refractivity contribution is 5.79. The number of hydrogen-bond donors (Lipinski definition) is 2. The van der Waals surface area contributed by atoms with E-state index in [4.69, 9.17) is 11.1 Å². The van der Waals surface area contributed by atoms with E-state index in [1.54, 1.807) is 18.7 Å². The molecule has 1 aromatic heterocycles. The van der Waals surface area contributed by atoms with Crippen LogP contribution in [-0.2, 0) is 6.18 Å². The highest BCUT2D eigenvalue weighted by Gasteiger charge is 2.33. The van der Waals surface area contributed by atoms with Gasteiger partial charge in [-0.05, 0) is 13.0 Å². The zero-order valence-corrected chi connectivity index (χ0v) is 10.7. The molecule has 1 aromatic rings. The van der Waals surface area contributed by atoms with Crippen molar-refractivity contribution in [1.82, 2.24) is 9.97 Å². The first kappa shape index (κ1) is 15.2. The Morgan fingerprint density at radius 3 is 2.63 bits per heavy atom. The van der Waals surface area contributed by atoms with E-state index in [9.17, 15) is 13.2 Å². The number of rotatable bonds is 5. The van der Waals surface area contributed by atoms with E-state index < -0.39 is 11.9 Å². The van der Waals surface area contributed by atoms with E-state index in [2.05, 4.69) is 9.97 Å². The van der Waals surface area contributed by atoms with Crippen molar-refractivity contribution in [2.45, 2.75) is 20.0 Å². The third-order valence-corrected chi connectivity index (χ3v) is 2.62. The molecule has 19 heavy (non-hydrogen) atoms. The van der Waals surface area contributed by atoms with Gasteiger partial charge in [-0.1, -0.05) is 6.92 Å². The lowest BCUT2D eigenvalue weighted by atomic mass is 10.1. The standard InChI is InChI=1S/C11H16F3N5/c1-3-19(6-7(2)9(15)16)10-17-5-4-8(18-10)11(12,13)14/h4-5,7H,3,6H2,1-2H3,(H3,15,16). The summed E-state index contributed by atoms with van der Waals surface area (Å²) in [5.41, 5.74) is 4.37. The number of nitrogens with zero attached hydrogens (tertiary/aromatic N) is 3. The third kappa shape index (κ3) is 4.08. The van der Waals surface area contributed by atoms with Gasteiger partial charge in [0.1, 0.15) is 5.69 Å². The number of nitrogens with two attached hydrogens (primary N) is 1. The van der Waals surface area contributed by atoms with E-state index in [0.717, 1.165) is 12.3 Å². The maximum Gasteiger partial charge on any atom is 0.433 e. The van der Waals surface area contributed by atoms with Crippen LogP contribution in [0.3, 0.4) is 0 Å². The smallest absolute Gasteiger partial charge is 0.387 e. The Kier molecular flexibility index (Phi) is 4.68. The highest BCUT2D eigenvalue weighted by atomic mass is 19.4. The lowest BCUT2D eigenvalue weighted by Gasteiger charge is -2.24. The molecule has 0 aliphatic heterocycles. The summed E-state index contributed by atoms with van der Waals surface area (Å²) in [5, 5.41) is 7.30. The van der Waals surface area contributed by atoms with Crippen molar-refractivity contribution in [3.63, 3.8) is 0 Å². The van der Waals surface area contributed by atoms with Crippen LogP contribution in [0.15, 0.2) is 12.3 Å². The van der Waals surface area contributed by atoms with Gasteiger partial charge in [0.15, 0.2) is 0 Å². The number of amidine groups is 1. The highest BCUT2D eigenvalue weighted by Crippen LogP contribution is 2.28. The molecule has 0 aliphatic carbocycles. The molecule has 106 valence electrons. The molecular formula is C11H16F3N5. The van der Waals surface area contributed by atoms with Crippen LogP contribution in [0.25, 0.3) is 0 Å². The van der Waals surface area contributed by atoms with Crippen LogP contribution in [0.2, 0.25) is 0 Å². The maximum atomic E-state index is 12.6. The second kappa shape index (κ2) is 5.85. The lowest BCUT2D eigenvalue weighted by molar-refractivity contribution is -0.141. The van der Waals surface area contributed by atoms with Crippen molar-refractivity contribution in [2.24, 2.45) is 11.7 Å². The van der Waals surface area contributed by atoms with Crippen LogP contribution in [0.1, 0.15) is 19.5 Å². The minimum absolute atomic E-state index is 0.00887. The van der Waals surface area contributed by atoms with Gasteiger partial charge in [-0.2, -0.15) is 13.2 Å². The van der Waals surface area contributed by atoms with Gasteiger partial charge in [-0.25, -0.2) is 9.97 Å². The molecule has 0 aromatic carbocycles. The van der Waals surface area contributed by atoms with Crippen molar-refractivity contribution < 1.29 is 13.2 Å². The Labute approximate surface area is 109 Å². The maximum absolute atomic E-state index is 12.6. The Bertz CT molecular complexity index is 446. The molecule has 5 nitrogen and oxygen atoms in total. The van der Waals surface area contributed by atoms with Crippen LogP contribution in [0.5, 0.6) is 0 Å². The van der Waals surface area contributed by atoms with Gasteiger partial charge in [0.2, 0.25) is 5.95 Å². The van der Waals surface area contributed by atoms with Gasteiger partial charge in [-0.15, -0.1) is 0 Å². The monoisotopic (exact) mass is 275 g/mol. The van der Waals surface area contributed by atoms with Gasteiger partial charge < -0.3 is 10.6 Å². The Balaban J connectivity index is 2.96. The molecule has 1 atom stereocenters. The molecule has 0 fully saturated rings. The summed E-state index contributed by atoms with van der Waals surface area (Å²) in [6.07, 6.45) is -3.42. The molecule has 0 radical (unpaired) electrons. The van der Waals surface area contributed by atoms with Crippen LogP contribution in [-0.4, -0.2) is 28.9 Å². The average molecular weight is 275 g/mol. The molecule has 0 amide bonds. The lowest BCUT2D eigenvalue weighted by Crippen LogP contribution is -2.35. The Morgan fingerprint density at radius 1 is 1.53 bits per heavy atom. The number of anilines is 1. The SMILES string of the molecule is CCN(CC(C)C(=N)N)c1nccc(C(F)(F)F)n1. The molecule has 1 unspecified atom stereocenters. The minimum Gasteiger partial charge on any atom is -0.387 e. The molecule has 0 saturated carbocycles. The minimum atomic E-state index is -4.50. The fraction of sp³-hybridized carbons (Fsp3) is 0.545. The van der Waals surface area contributed by atoms with Crippen LogP contribution < -0.4 is 10.6 Å². The summed E-state index contributed by atoms with van der Waals surface area (Å²) in [4.78, 5) is 8.90. The molecule has 0 bridgehead atoms. The number of hydrogen-bond acceptors (Lipinski definition) is 4. The predicted octanol–water partition coefficient (Wildman–Crippen LogP) is 1.89. The quantitative estimate of drug-likeness (QED) is 0.635. The molecule has 0 spiro atoms. The largest absolute Gasteiger partial charge is 0.433 e. The molecule has 0 aliphatic rings. The van der Waals surface area contributed by atoms with Gasteiger partial charge in [0.25, 0.3) is 0 Å². The van der Waals surface area contributed by atoms with E-state index in [-0.39, 0.29) is 17.7 Å². The summed E-state index contributed by atoms with van der Waals surface area (Å²) >= 11 is 0. The van der Waals surface area contributed by atoms with Crippen molar-refractivity contribution in [1.29, 1.82) is 5.41 Å². The first-order valence-electron chi connectivity index (χ1n) is 5.74. The third-order valence-electron chi connectivity index (χ3n) is 2.62. The van der Waals surface area contributed by atoms with E-state index in [1.807, 2.05) is 0 Å². The topological polar surface area (TPSA) is 78.9 Å². The van der Waals surface area contributed by atoms with Crippen molar-refractivity contribution in [3.8, 4) is 0 Å². The number of aromatic nitrogens is 2. The first-order valence-corrected chi connectivity index (χ1v) is 5.74. The Morgan fingerprint density at radius 2 is 2.16 bits per heavy atom. The second-order valence-corrected chi connectivity index (χ2v) is 4.13. The Hall–Kier alpha value is -1.86. The number of nitrogens with one attached hydrogen (secondary N) is 1. The summed E-state index contributed by atoms with van der Waals surface area (Å²) in [6, 6.07) is 0.825. The second-order valence-electron chi connectivity index (χ2n) is 4.13. The van der Waals surface area contributed by atoms with Crippen LogP contribution in [0.4, 0.5) is 19.1 Å². The number of alkyl halides is 3. The molecular weight excluding hydrogens is 259 g/mol.